The van der Waals surface area contributed by atoms with Gasteiger partial charge in [0.1, 0.15) is 0 Å². The minimum Gasteiger partial charge on any atom is -0.336 e. The number of anilines is 2. The zero-order chi connectivity index (χ0) is 38.5. The van der Waals surface area contributed by atoms with Crippen molar-refractivity contribution in [3.05, 3.63) is 246 Å². The Balaban J connectivity index is 1.17. The van der Waals surface area contributed by atoms with Gasteiger partial charge in [0.05, 0.1) is 11.5 Å². The smallest absolute Gasteiger partial charge is 0.164 e. The SMILES string of the molecule is c1ccc(-c2ccc(N3c4ccccc4C4c5ccc(-c6nc(-c7ccccc7)nc(-c7ccccc7)n6)cc5C(c5ccccc5)(c5ccccc5)C43)cc2)cc1. The Kier molecular flexibility index (Phi) is 8.14. The third kappa shape index (κ3) is 5.41. The van der Waals surface area contributed by atoms with E-state index in [1.807, 2.05) is 36.4 Å². The quantitative estimate of drug-likeness (QED) is 0.163. The monoisotopic (exact) mass is 742 g/mol. The molecule has 9 aromatic rings. The van der Waals surface area contributed by atoms with Gasteiger partial charge in [-0.1, -0.05) is 194 Å². The van der Waals surface area contributed by atoms with Crippen molar-refractivity contribution in [2.24, 2.45) is 0 Å². The van der Waals surface area contributed by atoms with Crippen LogP contribution in [0.15, 0.2) is 218 Å². The molecule has 0 amide bonds. The minimum atomic E-state index is -0.576. The summed E-state index contributed by atoms with van der Waals surface area (Å²) in [4.78, 5) is 18.0. The highest BCUT2D eigenvalue weighted by Crippen LogP contribution is 2.64. The van der Waals surface area contributed by atoms with Crippen molar-refractivity contribution in [1.29, 1.82) is 0 Å². The molecule has 11 rings (SSSR count). The van der Waals surface area contributed by atoms with Crippen LogP contribution in [0, 0.1) is 0 Å². The normalized spacial score (nSPS) is 16.0. The van der Waals surface area contributed by atoms with Gasteiger partial charge in [-0.15, -0.1) is 0 Å². The Morgan fingerprint density at radius 1 is 0.362 bits per heavy atom. The fourth-order valence-electron chi connectivity index (χ4n) is 9.59. The maximum atomic E-state index is 5.19. The number of nitrogens with zero attached hydrogens (tertiary/aromatic N) is 4. The molecule has 4 heteroatoms. The van der Waals surface area contributed by atoms with E-state index >= 15 is 0 Å². The molecule has 1 aromatic heterocycles. The summed E-state index contributed by atoms with van der Waals surface area (Å²) >= 11 is 0. The molecule has 2 atom stereocenters. The zero-order valence-electron chi connectivity index (χ0n) is 31.7. The summed E-state index contributed by atoms with van der Waals surface area (Å²) in [7, 11) is 0. The van der Waals surface area contributed by atoms with Gasteiger partial charge in [0.25, 0.3) is 0 Å². The first-order chi connectivity index (χ1) is 28.8. The highest BCUT2D eigenvalue weighted by atomic mass is 15.2. The standard InChI is InChI=1S/C54H38N4/c1-6-18-37(19-7-1)38-30-33-44(34-31-38)58-48-29-17-16-28-46(48)49-45-35-32-41(36-47(45)54(50(49)58,42-24-12-4-13-25-42)43-26-14-5-15-27-43)53-56-51(39-20-8-2-9-21-39)55-52(57-53)40-22-10-3-11-23-40/h1-36,49-50H. The molecule has 0 N–H and O–H groups in total. The molecule has 58 heavy (non-hydrogen) atoms. The summed E-state index contributed by atoms with van der Waals surface area (Å²) in [5.41, 5.74) is 13.5. The van der Waals surface area contributed by atoms with Gasteiger partial charge in [0.2, 0.25) is 0 Å². The van der Waals surface area contributed by atoms with E-state index in [0.717, 1.165) is 16.7 Å². The van der Waals surface area contributed by atoms with E-state index in [9.17, 15) is 0 Å². The molecule has 1 aliphatic carbocycles. The van der Waals surface area contributed by atoms with Gasteiger partial charge in [0.15, 0.2) is 17.5 Å². The van der Waals surface area contributed by atoms with Crippen molar-refractivity contribution in [1.82, 2.24) is 15.0 Å². The van der Waals surface area contributed by atoms with E-state index in [2.05, 4.69) is 187 Å². The van der Waals surface area contributed by atoms with Crippen LogP contribution in [0.25, 0.3) is 45.3 Å². The van der Waals surface area contributed by atoms with Crippen LogP contribution in [-0.4, -0.2) is 21.0 Å². The predicted octanol–water partition coefficient (Wildman–Crippen LogP) is 12.5. The molecule has 0 radical (unpaired) electrons. The number of benzene rings is 8. The summed E-state index contributed by atoms with van der Waals surface area (Å²) in [6, 6.07) is 78.3. The third-order valence-corrected chi connectivity index (χ3v) is 12.1. The van der Waals surface area contributed by atoms with Gasteiger partial charge in [0, 0.05) is 34.0 Å². The fraction of sp³-hybridized carbons (Fsp3) is 0.0556. The van der Waals surface area contributed by atoms with E-state index in [0.29, 0.717) is 17.5 Å². The Hall–Kier alpha value is -7.43. The molecule has 0 saturated carbocycles. The molecule has 2 heterocycles. The second-order valence-corrected chi connectivity index (χ2v) is 15.1. The Morgan fingerprint density at radius 2 is 0.793 bits per heavy atom. The topological polar surface area (TPSA) is 41.9 Å². The van der Waals surface area contributed by atoms with Crippen LogP contribution in [0.2, 0.25) is 0 Å². The van der Waals surface area contributed by atoms with Crippen LogP contribution in [-0.2, 0) is 5.41 Å². The average Bonchev–Trinajstić information content (AvgIpc) is 3.81. The molecule has 8 aromatic carbocycles. The third-order valence-electron chi connectivity index (χ3n) is 12.1. The zero-order valence-corrected chi connectivity index (χ0v) is 31.7. The highest BCUT2D eigenvalue weighted by molar-refractivity contribution is 5.83. The molecular formula is C54H38N4. The minimum absolute atomic E-state index is 0.0133. The van der Waals surface area contributed by atoms with Crippen molar-refractivity contribution in [2.45, 2.75) is 17.4 Å². The number of para-hydroxylation sites is 1. The van der Waals surface area contributed by atoms with E-state index in [1.165, 1.54) is 50.3 Å². The largest absolute Gasteiger partial charge is 0.336 e. The second kappa shape index (κ2) is 13.9. The second-order valence-electron chi connectivity index (χ2n) is 15.1. The van der Waals surface area contributed by atoms with Crippen LogP contribution in [0.3, 0.4) is 0 Å². The Labute approximate surface area is 338 Å². The summed E-state index contributed by atoms with van der Waals surface area (Å²) in [6.07, 6.45) is 0. The average molecular weight is 743 g/mol. The maximum Gasteiger partial charge on any atom is 0.164 e. The number of aromatic nitrogens is 3. The first-order valence-electron chi connectivity index (χ1n) is 19.9. The first kappa shape index (κ1) is 33.9. The molecule has 4 nitrogen and oxygen atoms in total. The van der Waals surface area contributed by atoms with E-state index in [-0.39, 0.29) is 12.0 Å². The Morgan fingerprint density at radius 3 is 1.34 bits per heavy atom. The molecule has 274 valence electrons. The van der Waals surface area contributed by atoms with E-state index in [4.69, 9.17) is 15.0 Å². The highest BCUT2D eigenvalue weighted by Gasteiger charge is 2.60. The fourth-order valence-corrected chi connectivity index (χ4v) is 9.59. The lowest BCUT2D eigenvalue weighted by molar-refractivity contribution is 0.494. The molecular weight excluding hydrogens is 705 g/mol. The van der Waals surface area contributed by atoms with Crippen LogP contribution in [0.5, 0.6) is 0 Å². The van der Waals surface area contributed by atoms with Gasteiger partial charge < -0.3 is 4.90 Å². The van der Waals surface area contributed by atoms with Crippen molar-refractivity contribution in [3.63, 3.8) is 0 Å². The van der Waals surface area contributed by atoms with E-state index < -0.39 is 5.41 Å². The molecule has 1 aliphatic heterocycles. The van der Waals surface area contributed by atoms with Crippen molar-refractivity contribution >= 4 is 11.4 Å². The maximum absolute atomic E-state index is 5.19. The van der Waals surface area contributed by atoms with Gasteiger partial charge in [-0.3, -0.25) is 0 Å². The van der Waals surface area contributed by atoms with Crippen LogP contribution in [0.4, 0.5) is 11.4 Å². The molecule has 2 unspecified atom stereocenters. The molecule has 0 spiro atoms. The summed E-state index contributed by atoms with van der Waals surface area (Å²) in [5, 5.41) is 0. The molecule has 0 fully saturated rings. The summed E-state index contributed by atoms with van der Waals surface area (Å²) in [5.74, 6) is 2.04. The van der Waals surface area contributed by atoms with Crippen LogP contribution >= 0.6 is 0 Å². The number of hydrogen-bond donors (Lipinski definition) is 0. The molecule has 0 saturated heterocycles. The number of rotatable bonds is 7. The van der Waals surface area contributed by atoms with Gasteiger partial charge in [-0.25, -0.2) is 15.0 Å². The van der Waals surface area contributed by atoms with Gasteiger partial charge in [-0.05, 0) is 63.2 Å². The van der Waals surface area contributed by atoms with Crippen molar-refractivity contribution < 1.29 is 0 Å². The summed E-state index contributed by atoms with van der Waals surface area (Å²) in [6.45, 7) is 0. The summed E-state index contributed by atoms with van der Waals surface area (Å²) < 4.78 is 0. The molecule has 0 bridgehead atoms. The lowest BCUT2D eigenvalue weighted by Gasteiger charge is -2.43. The van der Waals surface area contributed by atoms with Crippen LogP contribution in [0.1, 0.15) is 33.7 Å². The van der Waals surface area contributed by atoms with Crippen molar-refractivity contribution in [2.75, 3.05) is 4.90 Å². The number of hydrogen-bond acceptors (Lipinski definition) is 4. The van der Waals surface area contributed by atoms with Gasteiger partial charge >= 0.3 is 0 Å². The predicted molar refractivity (Wildman–Crippen MR) is 235 cm³/mol. The lowest BCUT2D eigenvalue weighted by Crippen LogP contribution is -2.47. The van der Waals surface area contributed by atoms with E-state index in [1.54, 1.807) is 0 Å². The lowest BCUT2D eigenvalue weighted by atomic mass is 9.66. The van der Waals surface area contributed by atoms with Crippen LogP contribution < -0.4 is 4.90 Å². The Bertz CT molecular complexity index is 2780. The molecule has 2 aliphatic rings. The van der Waals surface area contributed by atoms with Crippen molar-refractivity contribution in [3.8, 4) is 45.3 Å². The first-order valence-corrected chi connectivity index (χ1v) is 19.9. The number of fused-ring (bicyclic) bond motifs is 5. The van der Waals surface area contributed by atoms with Gasteiger partial charge in [-0.2, -0.15) is 0 Å².